The summed E-state index contributed by atoms with van der Waals surface area (Å²) >= 11 is 1.05. The van der Waals surface area contributed by atoms with E-state index in [-0.39, 0.29) is 21.8 Å². The van der Waals surface area contributed by atoms with Gasteiger partial charge in [-0.2, -0.15) is 4.98 Å². The highest BCUT2D eigenvalue weighted by Gasteiger charge is 2.26. The predicted octanol–water partition coefficient (Wildman–Crippen LogP) is 3.14. The van der Waals surface area contributed by atoms with E-state index in [9.17, 15) is 13.2 Å². The number of aromatic nitrogens is 2. The molecule has 1 amide bonds. The Labute approximate surface area is 166 Å². The number of amides is 1. The zero-order chi connectivity index (χ0) is 19.7. The van der Waals surface area contributed by atoms with Crippen molar-refractivity contribution >= 4 is 33.0 Å². The number of likely N-dealkylation sites (tertiary alicyclic amines) is 1. The van der Waals surface area contributed by atoms with Crippen LogP contribution in [0.15, 0.2) is 44.4 Å². The van der Waals surface area contributed by atoms with Crippen LogP contribution in [0.4, 0.5) is 5.69 Å². The zero-order valence-electron chi connectivity index (χ0n) is 15.1. The number of thiophene rings is 1. The Hall–Kier alpha value is -2.72. The van der Waals surface area contributed by atoms with E-state index in [0.29, 0.717) is 24.3 Å². The first-order chi connectivity index (χ1) is 13.4. The number of rotatable bonds is 5. The Morgan fingerprint density at radius 3 is 2.75 bits per heavy atom. The predicted molar refractivity (Wildman–Crippen MR) is 105 cm³/mol. The maximum absolute atomic E-state index is 12.7. The fraction of sp³-hybridized carbons (Fsp3) is 0.278. The first-order valence-corrected chi connectivity index (χ1v) is 11.1. The summed E-state index contributed by atoms with van der Waals surface area (Å²) in [5, 5.41) is 5.46. The van der Waals surface area contributed by atoms with E-state index in [1.165, 1.54) is 6.07 Å². The minimum Gasteiger partial charge on any atom is -0.334 e. The molecule has 2 aromatic heterocycles. The Kier molecular flexibility index (Phi) is 4.90. The van der Waals surface area contributed by atoms with Crippen molar-refractivity contribution in [2.75, 3.05) is 17.8 Å². The number of sulfonamides is 1. The third-order valence-electron chi connectivity index (χ3n) is 4.49. The molecule has 8 nitrogen and oxygen atoms in total. The molecule has 0 radical (unpaired) electrons. The Morgan fingerprint density at radius 1 is 1.25 bits per heavy atom. The van der Waals surface area contributed by atoms with Gasteiger partial charge in [-0.25, -0.2) is 8.42 Å². The highest BCUT2D eigenvalue weighted by molar-refractivity contribution is 7.94. The molecule has 4 rings (SSSR count). The molecule has 1 saturated heterocycles. The van der Waals surface area contributed by atoms with Gasteiger partial charge in [0.25, 0.3) is 10.0 Å². The second-order valence-corrected chi connectivity index (χ2v) is 9.32. The lowest BCUT2D eigenvalue weighted by molar-refractivity contribution is 0.0743. The average molecular weight is 419 g/mol. The van der Waals surface area contributed by atoms with Gasteiger partial charge in [0, 0.05) is 24.0 Å². The number of aryl methyl sites for hydroxylation is 1. The second kappa shape index (κ2) is 7.36. The van der Waals surface area contributed by atoms with Crippen molar-refractivity contribution in [3.8, 4) is 11.4 Å². The van der Waals surface area contributed by atoms with E-state index in [2.05, 4.69) is 14.9 Å². The fourth-order valence-corrected chi connectivity index (χ4v) is 5.23. The van der Waals surface area contributed by atoms with E-state index in [4.69, 9.17) is 4.52 Å². The van der Waals surface area contributed by atoms with Crippen LogP contribution in [0.3, 0.4) is 0 Å². The van der Waals surface area contributed by atoms with E-state index in [0.717, 1.165) is 29.7 Å². The highest BCUT2D eigenvalue weighted by atomic mass is 32.2. The molecule has 0 saturated carbocycles. The Bertz CT molecular complexity index is 1110. The van der Waals surface area contributed by atoms with Crippen molar-refractivity contribution in [3.63, 3.8) is 0 Å². The molecule has 10 heteroatoms. The minimum atomic E-state index is -3.74. The van der Waals surface area contributed by atoms with Crippen LogP contribution in [-0.2, 0) is 10.0 Å². The molecule has 1 fully saturated rings. The standard InChI is InChI=1S/C18H18N4O4S2/c1-12-6-2-3-7-14(12)21-28(24,25)15-10-13(11-27-15)16-19-17(26-20-16)18(23)22-8-4-5-9-22/h2-3,6-7,10-11,21H,4-5,8-9H2,1H3. The fourth-order valence-electron chi connectivity index (χ4n) is 2.94. The van der Waals surface area contributed by atoms with Gasteiger partial charge in [0.2, 0.25) is 5.82 Å². The topological polar surface area (TPSA) is 105 Å². The van der Waals surface area contributed by atoms with Crippen molar-refractivity contribution in [2.45, 2.75) is 24.0 Å². The lowest BCUT2D eigenvalue weighted by atomic mass is 10.2. The number of nitrogens with zero attached hydrogens (tertiary/aromatic N) is 3. The van der Waals surface area contributed by atoms with Crippen molar-refractivity contribution in [3.05, 3.63) is 47.2 Å². The molecule has 1 aromatic carbocycles. The van der Waals surface area contributed by atoms with Gasteiger partial charge in [-0.05, 0) is 37.5 Å². The molecule has 1 aliphatic heterocycles. The molecule has 3 aromatic rings. The number of nitrogens with one attached hydrogen (secondary N) is 1. The molecule has 28 heavy (non-hydrogen) atoms. The maximum Gasteiger partial charge on any atom is 0.316 e. The molecule has 1 aliphatic rings. The third-order valence-corrected chi connectivity index (χ3v) is 7.30. The molecule has 0 aliphatic carbocycles. The molecular weight excluding hydrogens is 400 g/mol. The number of carbonyl (C=O) groups is 1. The van der Waals surface area contributed by atoms with Gasteiger partial charge < -0.3 is 9.42 Å². The Morgan fingerprint density at radius 2 is 2.00 bits per heavy atom. The van der Waals surface area contributed by atoms with Crippen LogP contribution >= 0.6 is 11.3 Å². The monoisotopic (exact) mass is 418 g/mol. The lowest BCUT2D eigenvalue weighted by Crippen LogP contribution is -2.27. The van der Waals surface area contributed by atoms with Crippen LogP contribution in [0, 0.1) is 6.92 Å². The highest BCUT2D eigenvalue weighted by Crippen LogP contribution is 2.29. The van der Waals surface area contributed by atoms with Gasteiger partial charge in [0.05, 0.1) is 5.69 Å². The second-order valence-electron chi connectivity index (χ2n) is 6.50. The number of anilines is 1. The van der Waals surface area contributed by atoms with Crippen molar-refractivity contribution < 1.29 is 17.7 Å². The summed E-state index contributed by atoms with van der Waals surface area (Å²) in [6.45, 7) is 3.19. The number of hydrogen-bond donors (Lipinski definition) is 1. The van der Waals surface area contributed by atoms with E-state index < -0.39 is 10.0 Å². The maximum atomic E-state index is 12.7. The molecule has 146 valence electrons. The van der Waals surface area contributed by atoms with Gasteiger partial charge in [-0.15, -0.1) is 11.3 Å². The smallest absolute Gasteiger partial charge is 0.316 e. The quantitative estimate of drug-likeness (QED) is 0.682. The summed E-state index contributed by atoms with van der Waals surface area (Å²) in [6.07, 6.45) is 1.93. The van der Waals surface area contributed by atoms with Gasteiger partial charge in [0.15, 0.2) is 0 Å². The molecule has 0 unspecified atom stereocenters. The van der Waals surface area contributed by atoms with E-state index in [1.807, 2.05) is 19.1 Å². The molecule has 3 heterocycles. The van der Waals surface area contributed by atoms with Crippen LogP contribution in [-0.4, -0.2) is 42.5 Å². The molecule has 0 spiro atoms. The van der Waals surface area contributed by atoms with Crippen LogP contribution in [0.2, 0.25) is 0 Å². The summed E-state index contributed by atoms with van der Waals surface area (Å²) in [4.78, 5) is 18.1. The SMILES string of the molecule is Cc1ccccc1NS(=O)(=O)c1cc(-c2noc(C(=O)N3CCCC3)n2)cs1. The number of carbonyl (C=O) groups excluding carboxylic acids is 1. The van der Waals surface area contributed by atoms with Gasteiger partial charge >= 0.3 is 11.8 Å². The molecule has 0 atom stereocenters. The first kappa shape index (κ1) is 18.6. The van der Waals surface area contributed by atoms with E-state index >= 15 is 0 Å². The number of para-hydroxylation sites is 1. The zero-order valence-corrected chi connectivity index (χ0v) is 16.7. The van der Waals surface area contributed by atoms with Gasteiger partial charge in [-0.1, -0.05) is 23.4 Å². The molecular formula is C18H18N4O4S2. The summed E-state index contributed by atoms with van der Waals surface area (Å²) in [6, 6.07) is 8.61. The summed E-state index contributed by atoms with van der Waals surface area (Å²) in [5.74, 6) is -0.178. The normalized spacial score (nSPS) is 14.4. The van der Waals surface area contributed by atoms with Crippen LogP contribution < -0.4 is 4.72 Å². The van der Waals surface area contributed by atoms with Crippen LogP contribution in [0.5, 0.6) is 0 Å². The third kappa shape index (κ3) is 3.65. The van der Waals surface area contributed by atoms with Crippen LogP contribution in [0.1, 0.15) is 29.1 Å². The van der Waals surface area contributed by atoms with E-state index in [1.54, 1.807) is 22.4 Å². The minimum absolute atomic E-state index is 0.0782. The Balaban J connectivity index is 1.54. The summed E-state index contributed by atoms with van der Waals surface area (Å²) < 4.78 is 33.1. The lowest BCUT2D eigenvalue weighted by Gasteiger charge is -2.10. The summed E-state index contributed by atoms with van der Waals surface area (Å²) in [5.41, 5.74) is 1.83. The van der Waals surface area contributed by atoms with Crippen molar-refractivity contribution in [1.82, 2.24) is 15.0 Å². The average Bonchev–Trinajstić information content (AvgIpc) is 3.42. The summed E-state index contributed by atoms with van der Waals surface area (Å²) in [7, 11) is -3.74. The molecule has 0 bridgehead atoms. The van der Waals surface area contributed by atoms with Crippen molar-refractivity contribution in [2.24, 2.45) is 0 Å². The number of hydrogen-bond acceptors (Lipinski definition) is 7. The van der Waals surface area contributed by atoms with Gasteiger partial charge in [0.1, 0.15) is 4.21 Å². The molecule has 1 N–H and O–H groups in total. The largest absolute Gasteiger partial charge is 0.334 e. The first-order valence-electron chi connectivity index (χ1n) is 8.74. The van der Waals surface area contributed by atoms with Crippen molar-refractivity contribution in [1.29, 1.82) is 0 Å². The van der Waals surface area contributed by atoms with Crippen LogP contribution in [0.25, 0.3) is 11.4 Å². The number of benzene rings is 1. The van der Waals surface area contributed by atoms with Gasteiger partial charge in [-0.3, -0.25) is 9.52 Å².